The Morgan fingerprint density at radius 3 is 2.96 bits per heavy atom. The zero-order valence-electron chi connectivity index (χ0n) is 13.9. The molecule has 1 aliphatic heterocycles. The van der Waals surface area contributed by atoms with Gasteiger partial charge in [0.1, 0.15) is 15.9 Å². The molecule has 1 unspecified atom stereocenters. The number of nitrogens with zero attached hydrogens (tertiary/aromatic N) is 3. The van der Waals surface area contributed by atoms with Crippen molar-refractivity contribution in [2.24, 2.45) is 0 Å². The lowest BCUT2D eigenvalue weighted by atomic mass is 10.2. The van der Waals surface area contributed by atoms with Crippen LogP contribution in [0.1, 0.15) is 11.8 Å². The lowest BCUT2D eigenvalue weighted by Crippen LogP contribution is -2.44. The molecular weight excluding hydrogens is 404 g/mol. The number of rotatable bonds is 4. The van der Waals surface area contributed by atoms with Gasteiger partial charge in [-0.15, -0.1) is 11.3 Å². The van der Waals surface area contributed by atoms with E-state index in [9.17, 15) is 9.59 Å². The number of anilines is 1. The molecule has 2 aromatic heterocycles. The van der Waals surface area contributed by atoms with Gasteiger partial charge in [0, 0.05) is 4.88 Å². The van der Waals surface area contributed by atoms with Crippen LogP contribution in [-0.2, 0) is 9.59 Å². The van der Waals surface area contributed by atoms with Crippen LogP contribution in [0.15, 0.2) is 45.2 Å². The largest absolute Gasteiger partial charge is 0.322 e. The molecule has 1 fully saturated rings. The van der Waals surface area contributed by atoms with Crippen LogP contribution in [0.5, 0.6) is 0 Å². The summed E-state index contributed by atoms with van der Waals surface area (Å²) in [5.74, 6) is -0.651. The van der Waals surface area contributed by atoms with Gasteiger partial charge in [-0.05, 0) is 46.9 Å². The molecule has 10 heteroatoms. The van der Waals surface area contributed by atoms with E-state index in [-0.39, 0.29) is 11.8 Å². The number of hydrogen-bond donors (Lipinski definition) is 1. The third-order valence-corrected chi connectivity index (χ3v) is 6.10. The van der Waals surface area contributed by atoms with Gasteiger partial charge in [-0.2, -0.15) is 0 Å². The summed E-state index contributed by atoms with van der Waals surface area (Å²) in [4.78, 5) is 28.2. The number of benzene rings is 1. The van der Waals surface area contributed by atoms with Gasteiger partial charge >= 0.3 is 0 Å². The van der Waals surface area contributed by atoms with Crippen molar-refractivity contribution in [2.45, 2.75) is 13.0 Å². The zero-order valence-corrected chi connectivity index (χ0v) is 16.4. The molecule has 4 rings (SSSR count). The Balaban J connectivity index is 1.54. The molecule has 27 heavy (non-hydrogen) atoms. The molecule has 1 saturated heterocycles. The van der Waals surface area contributed by atoms with Crippen molar-refractivity contribution in [1.82, 2.24) is 15.2 Å². The van der Waals surface area contributed by atoms with Crippen molar-refractivity contribution in [1.29, 1.82) is 0 Å². The smallest absolute Gasteiger partial charge is 0.266 e. The molecule has 1 atom stereocenters. The van der Waals surface area contributed by atoms with Crippen LogP contribution in [0, 0.1) is 0 Å². The third-order valence-electron chi connectivity index (χ3n) is 3.95. The second kappa shape index (κ2) is 7.22. The number of amides is 2. The SMILES string of the molecule is CC(C(=O)Nc1cccc2nonc12)N1C(=O)C(=Cc2cccs2)SC1=S. The maximum Gasteiger partial charge on any atom is 0.266 e. The molecule has 1 aromatic carbocycles. The second-order valence-electron chi connectivity index (χ2n) is 5.67. The Bertz CT molecular complexity index is 1070. The predicted octanol–water partition coefficient (Wildman–Crippen LogP) is 3.51. The second-order valence-corrected chi connectivity index (χ2v) is 8.32. The van der Waals surface area contributed by atoms with Crippen LogP contribution in [-0.4, -0.2) is 37.4 Å². The summed E-state index contributed by atoms with van der Waals surface area (Å²) in [5, 5.41) is 12.2. The molecule has 3 aromatic rings. The van der Waals surface area contributed by atoms with E-state index in [1.807, 2.05) is 17.5 Å². The highest BCUT2D eigenvalue weighted by molar-refractivity contribution is 8.26. The van der Waals surface area contributed by atoms with Crippen LogP contribution in [0.3, 0.4) is 0 Å². The van der Waals surface area contributed by atoms with Crippen molar-refractivity contribution in [3.8, 4) is 0 Å². The van der Waals surface area contributed by atoms with E-state index in [0.29, 0.717) is 25.9 Å². The molecule has 0 saturated carbocycles. The van der Waals surface area contributed by atoms with Gasteiger partial charge in [-0.3, -0.25) is 14.5 Å². The maximum absolute atomic E-state index is 12.7. The highest BCUT2D eigenvalue weighted by atomic mass is 32.2. The Hall–Kier alpha value is -2.56. The lowest BCUT2D eigenvalue weighted by molar-refractivity contribution is -0.129. The summed E-state index contributed by atoms with van der Waals surface area (Å²) in [6.45, 7) is 1.63. The molecule has 0 aliphatic carbocycles. The maximum atomic E-state index is 12.7. The standard InChI is InChI=1S/C17H12N4O3S3/c1-9(15(22)18-11-5-2-6-12-14(11)20-24-19-12)21-16(23)13(27-17(21)25)8-10-4-3-7-26-10/h2-9H,1H3,(H,18,22). The minimum Gasteiger partial charge on any atom is -0.322 e. The highest BCUT2D eigenvalue weighted by Gasteiger charge is 2.38. The molecule has 7 nitrogen and oxygen atoms in total. The summed E-state index contributed by atoms with van der Waals surface area (Å²) in [6, 6.07) is 8.20. The first-order chi connectivity index (χ1) is 13.0. The van der Waals surface area contributed by atoms with Crippen LogP contribution in [0.25, 0.3) is 17.1 Å². The van der Waals surface area contributed by atoms with Crippen LogP contribution in [0.4, 0.5) is 5.69 Å². The number of carbonyl (C=O) groups excluding carboxylic acids is 2. The van der Waals surface area contributed by atoms with Gasteiger partial charge < -0.3 is 5.32 Å². The molecule has 2 amide bonds. The number of thioether (sulfide) groups is 1. The van der Waals surface area contributed by atoms with Gasteiger partial charge in [-0.1, -0.05) is 36.1 Å². The summed E-state index contributed by atoms with van der Waals surface area (Å²) in [5.41, 5.74) is 1.44. The number of hydrogen-bond acceptors (Lipinski definition) is 8. The molecular formula is C17H12N4O3S3. The fourth-order valence-corrected chi connectivity index (χ4v) is 4.72. The Morgan fingerprint density at radius 2 is 2.19 bits per heavy atom. The van der Waals surface area contributed by atoms with Crippen LogP contribution >= 0.6 is 35.3 Å². The highest BCUT2D eigenvalue weighted by Crippen LogP contribution is 2.34. The van der Waals surface area contributed by atoms with Gasteiger partial charge in [0.15, 0.2) is 5.52 Å². The molecule has 0 radical (unpaired) electrons. The third kappa shape index (κ3) is 3.38. The van der Waals surface area contributed by atoms with Crippen molar-refractivity contribution in [3.05, 3.63) is 45.5 Å². The fourth-order valence-electron chi connectivity index (χ4n) is 2.58. The van der Waals surface area contributed by atoms with E-state index < -0.39 is 6.04 Å². The van der Waals surface area contributed by atoms with E-state index in [1.54, 1.807) is 31.2 Å². The van der Waals surface area contributed by atoms with Crippen LogP contribution < -0.4 is 5.32 Å². The van der Waals surface area contributed by atoms with Crippen molar-refractivity contribution < 1.29 is 14.2 Å². The summed E-state index contributed by atoms with van der Waals surface area (Å²) in [7, 11) is 0. The van der Waals surface area contributed by atoms with Gasteiger partial charge in [0.2, 0.25) is 5.91 Å². The normalized spacial score (nSPS) is 17.1. The zero-order chi connectivity index (χ0) is 19.0. The van der Waals surface area contributed by atoms with Crippen molar-refractivity contribution in [3.63, 3.8) is 0 Å². The minimum atomic E-state index is -0.776. The number of nitrogens with one attached hydrogen (secondary N) is 1. The van der Waals surface area contributed by atoms with Crippen molar-refractivity contribution >= 4 is 74.2 Å². The van der Waals surface area contributed by atoms with E-state index in [2.05, 4.69) is 15.6 Å². The number of thiophene rings is 1. The number of thiocarbonyl (C=S) groups is 1. The van der Waals surface area contributed by atoms with Gasteiger partial charge in [-0.25, -0.2) is 4.63 Å². The minimum absolute atomic E-state index is 0.276. The Kier molecular flexibility index (Phi) is 4.77. The number of carbonyl (C=O) groups is 2. The number of fused-ring (bicyclic) bond motifs is 1. The lowest BCUT2D eigenvalue weighted by Gasteiger charge is -2.22. The van der Waals surface area contributed by atoms with Crippen molar-refractivity contribution in [2.75, 3.05) is 5.32 Å². The van der Waals surface area contributed by atoms with E-state index in [4.69, 9.17) is 16.8 Å². The Labute approximate surface area is 167 Å². The number of aromatic nitrogens is 2. The van der Waals surface area contributed by atoms with E-state index in [1.165, 1.54) is 28.0 Å². The molecule has 136 valence electrons. The summed E-state index contributed by atoms with van der Waals surface area (Å²) >= 11 is 8.05. The first-order valence-electron chi connectivity index (χ1n) is 7.87. The van der Waals surface area contributed by atoms with E-state index >= 15 is 0 Å². The summed E-state index contributed by atoms with van der Waals surface area (Å²) < 4.78 is 5.05. The molecule has 1 aliphatic rings. The molecule has 3 heterocycles. The molecule has 1 N–H and O–H groups in total. The van der Waals surface area contributed by atoms with Gasteiger partial charge in [0.05, 0.1) is 10.6 Å². The first-order valence-corrected chi connectivity index (χ1v) is 9.98. The predicted molar refractivity (Wildman–Crippen MR) is 109 cm³/mol. The quantitative estimate of drug-likeness (QED) is 0.514. The van der Waals surface area contributed by atoms with Crippen LogP contribution in [0.2, 0.25) is 0 Å². The Morgan fingerprint density at radius 1 is 1.33 bits per heavy atom. The summed E-state index contributed by atoms with van der Waals surface area (Å²) in [6.07, 6.45) is 1.79. The first kappa shape index (κ1) is 17.8. The van der Waals surface area contributed by atoms with E-state index in [0.717, 1.165) is 4.88 Å². The van der Waals surface area contributed by atoms with Gasteiger partial charge in [0.25, 0.3) is 5.91 Å². The fraction of sp³-hybridized carbons (Fsp3) is 0.118. The molecule has 0 spiro atoms. The molecule has 0 bridgehead atoms. The average molecular weight is 417 g/mol. The monoisotopic (exact) mass is 416 g/mol. The topological polar surface area (TPSA) is 88.3 Å². The average Bonchev–Trinajstić information content (AvgIpc) is 3.37.